The zero-order valence-corrected chi connectivity index (χ0v) is 16.7. The molecule has 3 aromatic heterocycles. The number of aromatic amines is 1. The van der Waals surface area contributed by atoms with Gasteiger partial charge in [-0.1, -0.05) is 25.6 Å². The maximum Gasteiger partial charge on any atom is 0.271 e. The maximum atomic E-state index is 12.1. The third-order valence-electron chi connectivity index (χ3n) is 3.86. The van der Waals surface area contributed by atoms with Gasteiger partial charge in [0.15, 0.2) is 10.8 Å². The summed E-state index contributed by atoms with van der Waals surface area (Å²) in [5.41, 5.74) is 0.504. The molecule has 28 heavy (non-hydrogen) atoms. The van der Waals surface area contributed by atoms with Crippen LogP contribution in [0.4, 0.5) is 5.82 Å². The third kappa shape index (κ3) is 4.66. The van der Waals surface area contributed by atoms with Crippen LogP contribution in [0.2, 0.25) is 0 Å². The summed E-state index contributed by atoms with van der Waals surface area (Å²) in [6.07, 6.45) is 3.65. The van der Waals surface area contributed by atoms with Gasteiger partial charge in [-0.15, -0.1) is 0 Å². The van der Waals surface area contributed by atoms with Crippen LogP contribution in [-0.4, -0.2) is 55.2 Å². The Hall–Kier alpha value is -2.95. The summed E-state index contributed by atoms with van der Waals surface area (Å²) < 4.78 is 1.73. The van der Waals surface area contributed by atoms with Crippen molar-refractivity contribution in [2.75, 3.05) is 24.7 Å². The lowest BCUT2D eigenvalue weighted by Crippen LogP contribution is -2.29. The second-order valence-electron chi connectivity index (χ2n) is 6.50. The molecular formula is C17H22N8O2S. The first-order chi connectivity index (χ1) is 13.5. The largest absolute Gasteiger partial charge is 0.369 e. The first kappa shape index (κ1) is 19.8. The predicted molar refractivity (Wildman–Crippen MR) is 108 cm³/mol. The molecule has 0 saturated heterocycles. The molecule has 0 bridgehead atoms. The van der Waals surface area contributed by atoms with Crippen LogP contribution in [0.15, 0.2) is 28.3 Å². The van der Waals surface area contributed by atoms with Crippen LogP contribution in [0.25, 0.3) is 11.0 Å². The van der Waals surface area contributed by atoms with Crippen molar-refractivity contribution < 1.29 is 4.79 Å². The minimum Gasteiger partial charge on any atom is -0.369 e. The quantitative estimate of drug-likeness (QED) is 0.377. The normalized spacial score (nSPS) is 11.1. The maximum absolute atomic E-state index is 12.1. The van der Waals surface area contributed by atoms with E-state index in [-0.39, 0.29) is 17.2 Å². The van der Waals surface area contributed by atoms with Gasteiger partial charge in [-0.3, -0.25) is 9.59 Å². The SMILES string of the molecule is CSc1nc(NCC(C)C)c2cnn(CCNC(=O)c3ccc(=O)[nH]n3)c2n1. The van der Waals surface area contributed by atoms with Gasteiger partial charge in [-0.2, -0.15) is 10.2 Å². The van der Waals surface area contributed by atoms with Crippen LogP contribution >= 0.6 is 11.8 Å². The predicted octanol–water partition coefficient (Wildman–Crippen LogP) is 1.13. The Morgan fingerprint density at radius 2 is 2.14 bits per heavy atom. The Kier molecular flexibility index (Phi) is 6.24. The molecule has 3 rings (SSSR count). The number of nitrogens with zero attached hydrogens (tertiary/aromatic N) is 5. The molecular weight excluding hydrogens is 380 g/mol. The molecule has 148 valence electrons. The number of carbonyl (C=O) groups excluding carboxylic acids is 1. The number of hydrogen-bond acceptors (Lipinski definition) is 8. The van der Waals surface area contributed by atoms with Crippen LogP contribution in [0.1, 0.15) is 24.3 Å². The molecule has 0 aliphatic rings. The van der Waals surface area contributed by atoms with E-state index in [0.29, 0.717) is 29.8 Å². The van der Waals surface area contributed by atoms with E-state index in [2.05, 4.69) is 49.7 Å². The summed E-state index contributed by atoms with van der Waals surface area (Å²) in [6, 6.07) is 2.64. The van der Waals surface area contributed by atoms with E-state index in [4.69, 9.17) is 0 Å². The van der Waals surface area contributed by atoms with Gasteiger partial charge in [-0.05, 0) is 18.2 Å². The van der Waals surface area contributed by atoms with E-state index in [9.17, 15) is 9.59 Å². The Morgan fingerprint density at radius 3 is 2.82 bits per heavy atom. The Balaban J connectivity index is 1.72. The van der Waals surface area contributed by atoms with Gasteiger partial charge in [0.25, 0.3) is 11.5 Å². The van der Waals surface area contributed by atoms with Crippen molar-refractivity contribution in [1.82, 2.24) is 35.3 Å². The number of nitrogens with one attached hydrogen (secondary N) is 3. The fourth-order valence-corrected chi connectivity index (χ4v) is 2.82. The molecule has 0 aliphatic carbocycles. The highest BCUT2D eigenvalue weighted by atomic mass is 32.2. The third-order valence-corrected chi connectivity index (χ3v) is 4.40. The molecule has 0 radical (unpaired) electrons. The van der Waals surface area contributed by atoms with Crippen molar-refractivity contribution in [2.45, 2.75) is 25.5 Å². The lowest BCUT2D eigenvalue weighted by molar-refractivity contribution is 0.0946. The molecule has 10 nitrogen and oxygen atoms in total. The molecule has 0 atom stereocenters. The zero-order valence-electron chi connectivity index (χ0n) is 15.9. The molecule has 3 N–H and O–H groups in total. The molecule has 0 aromatic carbocycles. The minimum atomic E-state index is -0.369. The standard InChI is InChI=1S/C17H22N8O2S/c1-10(2)8-19-14-11-9-20-25(15(11)22-17(21-14)28-3)7-6-18-16(27)12-4-5-13(26)24-23-12/h4-5,9-10H,6-8H2,1-3H3,(H,18,27)(H,24,26)(H,19,21,22). The van der Waals surface area contributed by atoms with Crippen molar-refractivity contribution in [3.63, 3.8) is 0 Å². The van der Waals surface area contributed by atoms with E-state index >= 15 is 0 Å². The van der Waals surface area contributed by atoms with E-state index in [1.807, 2.05) is 6.26 Å². The molecule has 0 unspecified atom stereocenters. The van der Waals surface area contributed by atoms with Gasteiger partial charge in [0.1, 0.15) is 11.5 Å². The van der Waals surface area contributed by atoms with Crippen molar-refractivity contribution in [2.24, 2.45) is 5.92 Å². The number of carbonyl (C=O) groups is 1. The number of rotatable bonds is 8. The van der Waals surface area contributed by atoms with Crippen LogP contribution in [0.5, 0.6) is 0 Å². The number of hydrogen-bond donors (Lipinski definition) is 3. The van der Waals surface area contributed by atoms with Crippen molar-refractivity contribution in [1.29, 1.82) is 0 Å². The van der Waals surface area contributed by atoms with Crippen molar-refractivity contribution >= 4 is 34.5 Å². The number of thioether (sulfide) groups is 1. The minimum absolute atomic E-state index is 0.150. The number of aromatic nitrogens is 6. The van der Waals surface area contributed by atoms with Gasteiger partial charge in [0, 0.05) is 19.2 Å². The van der Waals surface area contributed by atoms with Crippen LogP contribution in [-0.2, 0) is 6.54 Å². The Labute approximate surface area is 165 Å². The van der Waals surface area contributed by atoms with E-state index in [1.165, 1.54) is 23.9 Å². The van der Waals surface area contributed by atoms with E-state index in [1.54, 1.807) is 10.9 Å². The van der Waals surface area contributed by atoms with E-state index < -0.39 is 0 Å². The topological polar surface area (TPSA) is 130 Å². The van der Waals surface area contributed by atoms with Gasteiger partial charge in [0.05, 0.1) is 18.1 Å². The van der Waals surface area contributed by atoms with Gasteiger partial charge in [0.2, 0.25) is 0 Å². The zero-order chi connectivity index (χ0) is 20.1. The van der Waals surface area contributed by atoms with Crippen LogP contribution < -0.4 is 16.2 Å². The monoisotopic (exact) mass is 402 g/mol. The van der Waals surface area contributed by atoms with Gasteiger partial charge >= 0.3 is 0 Å². The molecule has 3 aromatic rings. The summed E-state index contributed by atoms with van der Waals surface area (Å²) in [6.45, 7) is 5.83. The number of anilines is 1. The van der Waals surface area contributed by atoms with E-state index in [0.717, 1.165) is 17.7 Å². The number of H-pyrrole nitrogens is 1. The molecule has 3 heterocycles. The second-order valence-corrected chi connectivity index (χ2v) is 7.27. The summed E-state index contributed by atoms with van der Waals surface area (Å²) in [5, 5.41) is 17.9. The average molecular weight is 402 g/mol. The second kappa shape index (κ2) is 8.83. The van der Waals surface area contributed by atoms with Crippen molar-refractivity contribution in [3.8, 4) is 0 Å². The number of amides is 1. The molecule has 0 fully saturated rings. The highest BCUT2D eigenvalue weighted by Gasteiger charge is 2.13. The van der Waals surface area contributed by atoms with Gasteiger partial charge < -0.3 is 10.6 Å². The highest BCUT2D eigenvalue weighted by molar-refractivity contribution is 7.98. The molecule has 0 spiro atoms. The smallest absolute Gasteiger partial charge is 0.271 e. The summed E-state index contributed by atoms with van der Waals surface area (Å²) in [4.78, 5) is 32.2. The van der Waals surface area contributed by atoms with Crippen LogP contribution in [0.3, 0.4) is 0 Å². The van der Waals surface area contributed by atoms with Crippen molar-refractivity contribution in [3.05, 3.63) is 34.4 Å². The van der Waals surface area contributed by atoms with Gasteiger partial charge in [-0.25, -0.2) is 19.7 Å². The fraction of sp³-hybridized carbons (Fsp3) is 0.412. The molecule has 0 aliphatic heterocycles. The first-order valence-corrected chi connectivity index (χ1v) is 10.1. The molecule has 1 amide bonds. The summed E-state index contributed by atoms with van der Waals surface area (Å²) in [5.74, 6) is 0.872. The lowest BCUT2D eigenvalue weighted by atomic mass is 10.2. The molecule has 0 saturated carbocycles. The summed E-state index contributed by atoms with van der Waals surface area (Å²) in [7, 11) is 0. The average Bonchev–Trinajstić information content (AvgIpc) is 3.09. The fourth-order valence-electron chi connectivity index (χ4n) is 2.46. The number of fused-ring (bicyclic) bond motifs is 1. The first-order valence-electron chi connectivity index (χ1n) is 8.83. The highest BCUT2D eigenvalue weighted by Crippen LogP contribution is 2.23. The summed E-state index contributed by atoms with van der Waals surface area (Å²) >= 11 is 1.46. The molecule has 11 heteroatoms. The Bertz CT molecular complexity index is 1010. The van der Waals surface area contributed by atoms with Crippen LogP contribution in [0, 0.1) is 5.92 Å². The Morgan fingerprint density at radius 1 is 1.32 bits per heavy atom. The lowest BCUT2D eigenvalue weighted by Gasteiger charge is -2.10.